The van der Waals surface area contributed by atoms with Gasteiger partial charge in [0.2, 0.25) is 0 Å². The van der Waals surface area contributed by atoms with Gasteiger partial charge >= 0.3 is 0 Å². The fraction of sp³-hybridized carbons (Fsp3) is 0.714. The first-order valence-electron chi connectivity index (χ1n) is 6.79. The van der Waals surface area contributed by atoms with Crippen LogP contribution in [0.3, 0.4) is 0 Å². The minimum atomic E-state index is 0.838. The molecule has 0 bridgehead atoms. The minimum absolute atomic E-state index is 0.838. The van der Waals surface area contributed by atoms with Crippen LogP contribution < -0.4 is 0 Å². The summed E-state index contributed by atoms with van der Waals surface area (Å²) in [6, 6.07) is 4.03. The summed E-state index contributed by atoms with van der Waals surface area (Å²) >= 11 is 0. The van der Waals surface area contributed by atoms with Crippen LogP contribution >= 0.6 is 0 Å². The lowest BCUT2D eigenvalue weighted by molar-refractivity contribution is 0.214. The third kappa shape index (κ3) is 3.58. The van der Waals surface area contributed by atoms with Gasteiger partial charge in [-0.2, -0.15) is 0 Å². The monoisotopic (exact) mass is 236 g/mol. The molecule has 3 heteroatoms. The molecule has 0 unspecified atom stereocenters. The average molecular weight is 236 g/mol. The molecule has 0 amide bonds. The van der Waals surface area contributed by atoms with Crippen LogP contribution in [-0.4, -0.2) is 42.5 Å². The van der Waals surface area contributed by atoms with Gasteiger partial charge in [0.05, 0.1) is 12.8 Å². The predicted molar refractivity (Wildman–Crippen MR) is 69.9 cm³/mol. The Balaban J connectivity index is 1.79. The summed E-state index contributed by atoms with van der Waals surface area (Å²) in [5.74, 6) is 1.92. The van der Waals surface area contributed by atoms with Crippen molar-refractivity contribution < 1.29 is 4.42 Å². The van der Waals surface area contributed by atoms with E-state index in [1.54, 1.807) is 6.26 Å². The molecule has 0 radical (unpaired) electrons. The van der Waals surface area contributed by atoms with Gasteiger partial charge < -0.3 is 9.32 Å². The van der Waals surface area contributed by atoms with Crippen molar-refractivity contribution in [1.29, 1.82) is 0 Å². The van der Waals surface area contributed by atoms with E-state index in [1.165, 1.54) is 32.6 Å². The maximum atomic E-state index is 5.42. The standard InChI is InChI=1S/C14H24N2O/c1-3-15-8-7-13(10-15)11-16(4-2)12-14-6-5-9-17-14/h5-6,9,13H,3-4,7-8,10-12H2,1-2H3/t13-/m1/s1. The van der Waals surface area contributed by atoms with Crippen molar-refractivity contribution in [1.82, 2.24) is 9.80 Å². The quantitative estimate of drug-likeness (QED) is 0.756. The van der Waals surface area contributed by atoms with E-state index in [4.69, 9.17) is 4.42 Å². The molecule has 1 saturated heterocycles. The fourth-order valence-electron chi connectivity index (χ4n) is 2.64. The Kier molecular flexibility index (Phi) is 4.63. The number of hydrogen-bond donors (Lipinski definition) is 0. The van der Waals surface area contributed by atoms with Crippen LogP contribution in [0.4, 0.5) is 0 Å². The van der Waals surface area contributed by atoms with Crippen molar-refractivity contribution >= 4 is 0 Å². The van der Waals surface area contributed by atoms with E-state index in [0.717, 1.165) is 24.8 Å². The molecule has 1 aliphatic heterocycles. The van der Waals surface area contributed by atoms with Gasteiger partial charge in [-0.3, -0.25) is 4.90 Å². The van der Waals surface area contributed by atoms with E-state index >= 15 is 0 Å². The van der Waals surface area contributed by atoms with E-state index in [-0.39, 0.29) is 0 Å². The van der Waals surface area contributed by atoms with Gasteiger partial charge in [-0.15, -0.1) is 0 Å². The predicted octanol–water partition coefficient (Wildman–Crippen LogP) is 2.44. The van der Waals surface area contributed by atoms with Crippen molar-refractivity contribution in [3.8, 4) is 0 Å². The second-order valence-corrected chi connectivity index (χ2v) is 4.96. The first-order valence-corrected chi connectivity index (χ1v) is 6.79. The van der Waals surface area contributed by atoms with Crippen LogP contribution in [0.25, 0.3) is 0 Å². The third-order valence-electron chi connectivity index (χ3n) is 3.74. The summed E-state index contributed by atoms with van der Waals surface area (Å²) in [5, 5.41) is 0. The number of rotatable bonds is 6. The molecule has 1 atom stereocenters. The first-order chi connectivity index (χ1) is 8.31. The number of nitrogens with zero attached hydrogens (tertiary/aromatic N) is 2. The Labute approximate surface area is 104 Å². The average Bonchev–Trinajstić information content (AvgIpc) is 2.99. The van der Waals surface area contributed by atoms with E-state index in [9.17, 15) is 0 Å². The van der Waals surface area contributed by atoms with Crippen LogP contribution in [0.1, 0.15) is 26.0 Å². The van der Waals surface area contributed by atoms with Gasteiger partial charge in [0, 0.05) is 13.1 Å². The molecular formula is C14H24N2O. The smallest absolute Gasteiger partial charge is 0.117 e. The number of furan rings is 1. The van der Waals surface area contributed by atoms with E-state index in [0.29, 0.717) is 0 Å². The van der Waals surface area contributed by atoms with Crippen LogP contribution in [0.2, 0.25) is 0 Å². The first kappa shape index (κ1) is 12.7. The van der Waals surface area contributed by atoms with Gasteiger partial charge in [0.25, 0.3) is 0 Å². The molecule has 0 spiro atoms. The maximum Gasteiger partial charge on any atom is 0.117 e. The van der Waals surface area contributed by atoms with Crippen LogP contribution in [0.5, 0.6) is 0 Å². The molecule has 0 aromatic carbocycles. The lowest BCUT2D eigenvalue weighted by atomic mass is 10.1. The zero-order chi connectivity index (χ0) is 12.1. The summed E-state index contributed by atoms with van der Waals surface area (Å²) in [6.45, 7) is 11.5. The van der Waals surface area contributed by atoms with Crippen molar-refractivity contribution in [2.45, 2.75) is 26.8 Å². The SMILES string of the molecule is CCN1CC[C@@H](CN(CC)Cc2ccco2)C1. The van der Waals surface area contributed by atoms with Crippen LogP contribution in [0.15, 0.2) is 22.8 Å². The highest BCUT2D eigenvalue weighted by Gasteiger charge is 2.23. The summed E-state index contributed by atoms with van der Waals surface area (Å²) < 4.78 is 5.42. The van der Waals surface area contributed by atoms with Crippen LogP contribution in [-0.2, 0) is 6.54 Å². The largest absolute Gasteiger partial charge is 0.468 e. The molecule has 1 aromatic rings. The second kappa shape index (κ2) is 6.22. The van der Waals surface area contributed by atoms with Crippen molar-refractivity contribution in [2.75, 3.05) is 32.7 Å². The summed E-state index contributed by atoms with van der Waals surface area (Å²) in [5.41, 5.74) is 0. The van der Waals surface area contributed by atoms with Gasteiger partial charge in [0.15, 0.2) is 0 Å². The Morgan fingerprint density at radius 2 is 2.35 bits per heavy atom. The second-order valence-electron chi connectivity index (χ2n) is 4.96. The molecule has 17 heavy (non-hydrogen) atoms. The molecule has 2 rings (SSSR count). The van der Waals surface area contributed by atoms with E-state index < -0.39 is 0 Å². The van der Waals surface area contributed by atoms with Crippen molar-refractivity contribution in [3.63, 3.8) is 0 Å². The lowest BCUT2D eigenvalue weighted by Gasteiger charge is -2.23. The van der Waals surface area contributed by atoms with Crippen LogP contribution in [0, 0.1) is 5.92 Å². The number of hydrogen-bond acceptors (Lipinski definition) is 3. The Bertz CT molecular complexity index is 310. The Hall–Kier alpha value is -0.800. The Morgan fingerprint density at radius 1 is 1.47 bits per heavy atom. The van der Waals surface area contributed by atoms with Gasteiger partial charge in [-0.05, 0) is 44.1 Å². The van der Waals surface area contributed by atoms with E-state index in [2.05, 4.69) is 29.7 Å². The van der Waals surface area contributed by atoms with Gasteiger partial charge in [-0.25, -0.2) is 0 Å². The molecule has 96 valence electrons. The molecule has 1 aliphatic rings. The molecule has 2 heterocycles. The van der Waals surface area contributed by atoms with E-state index in [1.807, 2.05) is 6.07 Å². The molecular weight excluding hydrogens is 212 g/mol. The highest BCUT2D eigenvalue weighted by Crippen LogP contribution is 2.18. The normalized spacial score (nSPS) is 21.5. The summed E-state index contributed by atoms with van der Waals surface area (Å²) in [7, 11) is 0. The zero-order valence-corrected chi connectivity index (χ0v) is 11.1. The molecule has 0 saturated carbocycles. The summed E-state index contributed by atoms with van der Waals surface area (Å²) in [4.78, 5) is 5.04. The molecule has 3 nitrogen and oxygen atoms in total. The highest BCUT2D eigenvalue weighted by atomic mass is 16.3. The Morgan fingerprint density at radius 3 is 2.94 bits per heavy atom. The lowest BCUT2D eigenvalue weighted by Crippen LogP contribution is -2.30. The van der Waals surface area contributed by atoms with Crippen molar-refractivity contribution in [2.24, 2.45) is 5.92 Å². The third-order valence-corrected chi connectivity index (χ3v) is 3.74. The topological polar surface area (TPSA) is 19.6 Å². The minimum Gasteiger partial charge on any atom is -0.468 e. The highest BCUT2D eigenvalue weighted by molar-refractivity contribution is 4.98. The summed E-state index contributed by atoms with van der Waals surface area (Å²) in [6.07, 6.45) is 3.11. The zero-order valence-electron chi connectivity index (χ0n) is 11.1. The molecule has 1 fully saturated rings. The van der Waals surface area contributed by atoms with Crippen molar-refractivity contribution in [3.05, 3.63) is 24.2 Å². The molecule has 1 aromatic heterocycles. The van der Waals surface area contributed by atoms with Gasteiger partial charge in [0.1, 0.15) is 5.76 Å². The van der Waals surface area contributed by atoms with Gasteiger partial charge in [-0.1, -0.05) is 13.8 Å². The molecule has 0 N–H and O–H groups in total. The maximum absolute atomic E-state index is 5.42. The number of likely N-dealkylation sites (tertiary alicyclic amines) is 1. The fourth-order valence-corrected chi connectivity index (χ4v) is 2.64. The molecule has 0 aliphatic carbocycles.